The molecule has 180 valence electrons. The van der Waals surface area contributed by atoms with Crippen molar-refractivity contribution in [2.75, 3.05) is 31.7 Å². The number of imidazole rings is 1. The highest BCUT2D eigenvalue weighted by molar-refractivity contribution is 6.29. The van der Waals surface area contributed by atoms with Crippen LogP contribution in [0, 0.1) is 0 Å². The number of aromatic nitrogens is 4. The van der Waals surface area contributed by atoms with Gasteiger partial charge in [0.25, 0.3) is 0 Å². The van der Waals surface area contributed by atoms with Crippen molar-refractivity contribution >= 4 is 29.1 Å². The van der Waals surface area contributed by atoms with Crippen LogP contribution in [0.4, 0.5) is 21.8 Å². The summed E-state index contributed by atoms with van der Waals surface area (Å²) in [6.07, 6.45) is 5.13. The quantitative estimate of drug-likeness (QED) is 0.335. The number of halogens is 2. The number of fused-ring (bicyclic) bond motifs is 1. The largest absolute Gasteiger partial charge is 0.494 e. The summed E-state index contributed by atoms with van der Waals surface area (Å²) in [6, 6.07) is 13.2. The molecule has 1 aliphatic carbocycles. The highest BCUT2D eigenvalue weighted by atomic mass is 35.5. The number of hydrogen-bond donors (Lipinski definition) is 2. The predicted molar refractivity (Wildman–Crippen MR) is 133 cm³/mol. The smallest absolute Gasteiger partial charge is 0.229 e. The maximum Gasteiger partial charge on any atom is 0.229 e. The molecule has 8 nitrogen and oxygen atoms in total. The number of alkyl halides is 1. The average molecular weight is 495 g/mol. The summed E-state index contributed by atoms with van der Waals surface area (Å²) in [6.45, 7) is -0.846. The Morgan fingerprint density at radius 1 is 1.17 bits per heavy atom. The fourth-order valence-electron chi connectivity index (χ4n) is 4.44. The van der Waals surface area contributed by atoms with Crippen molar-refractivity contribution in [1.82, 2.24) is 19.5 Å². The van der Waals surface area contributed by atoms with Gasteiger partial charge in [-0.05, 0) is 42.7 Å². The molecular weight excluding hydrogens is 471 g/mol. The van der Waals surface area contributed by atoms with Crippen LogP contribution in [0.15, 0.2) is 55.0 Å². The third-order valence-corrected chi connectivity index (χ3v) is 6.25. The van der Waals surface area contributed by atoms with E-state index in [0.29, 0.717) is 22.6 Å². The first-order chi connectivity index (χ1) is 17.1. The number of benzene rings is 2. The van der Waals surface area contributed by atoms with E-state index in [9.17, 15) is 4.39 Å². The highest BCUT2D eigenvalue weighted by Crippen LogP contribution is 2.41. The van der Waals surface area contributed by atoms with Crippen LogP contribution in [-0.4, -0.2) is 40.5 Å². The number of methoxy groups -OCH3 is 1. The van der Waals surface area contributed by atoms with E-state index < -0.39 is 6.86 Å². The van der Waals surface area contributed by atoms with Crippen LogP contribution in [0.25, 0.3) is 5.69 Å². The topological polar surface area (TPSA) is 86.1 Å². The zero-order valence-electron chi connectivity index (χ0n) is 19.3. The molecule has 1 aliphatic rings. The lowest BCUT2D eigenvalue weighted by molar-refractivity contribution is 0.191. The number of nitrogens with one attached hydrogen (secondary N) is 2. The second kappa shape index (κ2) is 9.79. The van der Waals surface area contributed by atoms with Gasteiger partial charge >= 0.3 is 0 Å². The molecule has 2 aromatic carbocycles. The molecule has 0 aliphatic heterocycles. The molecule has 0 spiro atoms. The van der Waals surface area contributed by atoms with Gasteiger partial charge < -0.3 is 24.7 Å². The average Bonchev–Trinajstić information content (AvgIpc) is 3.50. The van der Waals surface area contributed by atoms with E-state index in [2.05, 4.69) is 15.6 Å². The van der Waals surface area contributed by atoms with Gasteiger partial charge in [-0.2, -0.15) is 4.98 Å². The summed E-state index contributed by atoms with van der Waals surface area (Å²) in [5.74, 6) is 2.55. The van der Waals surface area contributed by atoms with Crippen LogP contribution in [0.1, 0.15) is 29.2 Å². The first kappa shape index (κ1) is 22.9. The summed E-state index contributed by atoms with van der Waals surface area (Å²) in [5, 5.41) is 6.92. The lowest BCUT2D eigenvalue weighted by Crippen LogP contribution is -2.08. The van der Waals surface area contributed by atoms with Crippen molar-refractivity contribution in [3.63, 3.8) is 0 Å². The minimum atomic E-state index is -0.846. The van der Waals surface area contributed by atoms with Gasteiger partial charge in [0.05, 0.1) is 18.5 Å². The van der Waals surface area contributed by atoms with Crippen LogP contribution in [0.3, 0.4) is 0 Å². The molecule has 1 atom stereocenters. The van der Waals surface area contributed by atoms with Crippen molar-refractivity contribution in [2.24, 2.45) is 0 Å². The number of hydrogen-bond acceptors (Lipinski definition) is 7. The number of nitrogens with zero attached hydrogens (tertiary/aromatic N) is 4. The minimum absolute atomic E-state index is 0.114. The normalized spacial score (nSPS) is 14.5. The van der Waals surface area contributed by atoms with Crippen LogP contribution >= 0.6 is 11.6 Å². The fourth-order valence-corrected chi connectivity index (χ4v) is 4.59. The molecule has 4 aromatic rings. The number of rotatable bonds is 8. The second-order valence-corrected chi connectivity index (χ2v) is 8.43. The van der Waals surface area contributed by atoms with E-state index in [0.717, 1.165) is 46.9 Å². The molecule has 0 unspecified atom stereocenters. The monoisotopic (exact) mass is 494 g/mol. The van der Waals surface area contributed by atoms with E-state index in [-0.39, 0.29) is 5.92 Å². The Balaban J connectivity index is 1.45. The van der Waals surface area contributed by atoms with E-state index in [1.54, 1.807) is 36.3 Å². The summed E-state index contributed by atoms with van der Waals surface area (Å²) >= 11 is 5.97. The molecule has 2 heterocycles. The van der Waals surface area contributed by atoms with E-state index in [1.165, 1.54) is 0 Å². The van der Waals surface area contributed by atoms with Gasteiger partial charge in [-0.1, -0.05) is 23.7 Å². The fraction of sp³-hybridized carbons (Fsp3) is 0.240. The molecule has 0 saturated carbocycles. The van der Waals surface area contributed by atoms with E-state index in [1.807, 2.05) is 37.4 Å². The maximum atomic E-state index is 12.5. The van der Waals surface area contributed by atoms with Crippen molar-refractivity contribution in [2.45, 2.75) is 18.8 Å². The highest BCUT2D eigenvalue weighted by Gasteiger charge is 2.29. The molecular formula is C25H24ClFN6O2. The lowest BCUT2D eigenvalue weighted by atomic mass is 9.96. The number of anilines is 3. The molecule has 0 saturated heterocycles. The molecule has 35 heavy (non-hydrogen) atoms. The van der Waals surface area contributed by atoms with Crippen molar-refractivity contribution in [3.05, 3.63) is 77.0 Å². The maximum absolute atomic E-state index is 12.5. The van der Waals surface area contributed by atoms with Gasteiger partial charge in [-0.25, -0.2) is 14.4 Å². The summed E-state index contributed by atoms with van der Waals surface area (Å²) < 4.78 is 24.8. The van der Waals surface area contributed by atoms with Crippen LogP contribution < -0.4 is 20.1 Å². The van der Waals surface area contributed by atoms with Crippen molar-refractivity contribution in [3.8, 4) is 17.2 Å². The Morgan fingerprint density at radius 3 is 2.69 bits per heavy atom. The molecule has 2 N–H and O–H groups in total. The van der Waals surface area contributed by atoms with Crippen LogP contribution in [-0.2, 0) is 6.42 Å². The molecule has 2 aromatic heterocycles. The minimum Gasteiger partial charge on any atom is -0.494 e. The standard InChI is InChI=1S/C25H24ClFN6O2/c1-28-24-19-9-8-18(15-3-6-17(7-4-15)35-13-27)23(19)31-25(32-24)30-16-5-10-20(21(11-16)34-2)33-12-22(26)29-14-33/h3-7,10-12,14,18H,8-9,13H2,1-2H3,(H2,28,30,31,32)/t18-/m1/s1. The lowest BCUT2D eigenvalue weighted by Gasteiger charge is -2.16. The zero-order chi connectivity index (χ0) is 24.4. The SMILES string of the molecule is CNc1nc(Nc2ccc(-n3cnc(Cl)c3)c(OC)c2)nc2c1CC[C@@H]2c1ccc(OCF)cc1. The number of ether oxygens (including phenoxy) is 2. The van der Waals surface area contributed by atoms with Gasteiger partial charge in [0.1, 0.15) is 28.8 Å². The van der Waals surface area contributed by atoms with Gasteiger partial charge in [-0.15, -0.1) is 0 Å². The van der Waals surface area contributed by atoms with Gasteiger partial charge in [0.15, 0.2) is 0 Å². The van der Waals surface area contributed by atoms with Crippen molar-refractivity contribution in [1.29, 1.82) is 0 Å². The first-order valence-corrected chi connectivity index (χ1v) is 11.5. The molecule has 0 amide bonds. The molecule has 0 radical (unpaired) electrons. The van der Waals surface area contributed by atoms with Gasteiger partial charge in [0.2, 0.25) is 12.8 Å². The van der Waals surface area contributed by atoms with Crippen LogP contribution in [0.5, 0.6) is 11.5 Å². The Morgan fingerprint density at radius 2 is 2.00 bits per heavy atom. The molecule has 0 fully saturated rings. The molecule has 5 rings (SSSR count). The Kier molecular flexibility index (Phi) is 6.41. The van der Waals surface area contributed by atoms with Crippen LogP contribution in [0.2, 0.25) is 5.15 Å². The van der Waals surface area contributed by atoms with Gasteiger partial charge in [0, 0.05) is 36.5 Å². The predicted octanol–water partition coefficient (Wildman–Crippen LogP) is 5.49. The Labute approximate surface area is 207 Å². The van der Waals surface area contributed by atoms with E-state index in [4.69, 9.17) is 31.0 Å². The molecule has 0 bridgehead atoms. The van der Waals surface area contributed by atoms with Gasteiger partial charge in [-0.3, -0.25) is 0 Å². The molecule has 10 heteroatoms. The first-order valence-electron chi connectivity index (χ1n) is 11.1. The second-order valence-electron chi connectivity index (χ2n) is 8.04. The summed E-state index contributed by atoms with van der Waals surface area (Å²) in [7, 11) is 3.47. The zero-order valence-corrected chi connectivity index (χ0v) is 20.0. The third kappa shape index (κ3) is 4.59. The summed E-state index contributed by atoms with van der Waals surface area (Å²) in [4.78, 5) is 13.6. The summed E-state index contributed by atoms with van der Waals surface area (Å²) in [5.41, 5.74) is 4.77. The Bertz CT molecular complexity index is 1340. The van der Waals surface area contributed by atoms with Crippen molar-refractivity contribution < 1.29 is 13.9 Å². The Hall–Kier alpha value is -3.85. The third-order valence-electron chi connectivity index (χ3n) is 6.06. The van der Waals surface area contributed by atoms with E-state index >= 15 is 0 Å².